The Balaban J connectivity index is 0.00000180. The number of nitrogens with two attached hydrogens (primary N) is 1. The zero-order chi connectivity index (χ0) is 13.0. The van der Waals surface area contributed by atoms with Gasteiger partial charge in [0.05, 0.1) is 7.11 Å². The minimum atomic E-state index is 0. The molecule has 1 aromatic carbocycles. The smallest absolute Gasteiger partial charge is 0.191 e. The number of rotatable bonds is 5. The number of aliphatic imine (C=N–C) groups is 1. The summed E-state index contributed by atoms with van der Waals surface area (Å²) in [6.45, 7) is 0.731. The first-order valence-corrected chi connectivity index (χ1v) is 6.36. The number of hydrogen-bond acceptors (Lipinski definition) is 2. The lowest BCUT2D eigenvalue weighted by atomic mass is 10.1. The van der Waals surface area contributed by atoms with Crippen molar-refractivity contribution >= 4 is 29.9 Å². The Hall–Kier alpha value is -0.980. The highest BCUT2D eigenvalue weighted by molar-refractivity contribution is 14.0. The third-order valence-electron chi connectivity index (χ3n) is 3.29. The van der Waals surface area contributed by atoms with E-state index in [1.54, 1.807) is 7.11 Å². The standard InChI is InChI=1S/C14H21N3O.HI/c1-17(12-5-6-12)14(15)16-10-9-11-3-7-13(18-2)8-4-11;/h3-4,7-8,12H,5-6,9-10H2,1-2H3,(H2,15,16);1H. The molecular formula is C14H22IN3O. The highest BCUT2D eigenvalue weighted by Crippen LogP contribution is 2.24. The molecule has 0 aromatic heterocycles. The molecule has 0 bridgehead atoms. The fourth-order valence-corrected chi connectivity index (χ4v) is 1.85. The summed E-state index contributed by atoms with van der Waals surface area (Å²) in [6.07, 6.45) is 3.39. The first-order valence-electron chi connectivity index (χ1n) is 6.36. The van der Waals surface area contributed by atoms with Gasteiger partial charge >= 0.3 is 0 Å². The second kappa shape index (κ2) is 7.57. The zero-order valence-electron chi connectivity index (χ0n) is 11.5. The number of ether oxygens (including phenoxy) is 1. The van der Waals surface area contributed by atoms with E-state index >= 15 is 0 Å². The Bertz CT molecular complexity index is 415. The molecule has 0 spiro atoms. The van der Waals surface area contributed by atoms with Crippen LogP contribution < -0.4 is 10.5 Å². The maximum absolute atomic E-state index is 5.92. The third kappa shape index (κ3) is 4.89. The van der Waals surface area contributed by atoms with Crippen LogP contribution in [0.3, 0.4) is 0 Å². The zero-order valence-corrected chi connectivity index (χ0v) is 13.8. The molecule has 1 saturated carbocycles. The average molecular weight is 375 g/mol. The quantitative estimate of drug-likeness (QED) is 0.488. The van der Waals surface area contributed by atoms with Crippen LogP contribution in [0.2, 0.25) is 0 Å². The molecule has 2 N–H and O–H groups in total. The Kier molecular flexibility index (Phi) is 6.41. The largest absolute Gasteiger partial charge is 0.497 e. The maximum Gasteiger partial charge on any atom is 0.191 e. The van der Waals surface area contributed by atoms with Crippen LogP contribution in [0.5, 0.6) is 5.75 Å². The van der Waals surface area contributed by atoms with Crippen molar-refractivity contribution < 1.29 is 4.74 Å². The molecule has 0 atom stereocenters. The van der Waals surface area contributed by atoms with Crippen molar-refractivity contribution in [2.75, 3.05) is 20.7 Å². The normalized spacial score (nSPS) is 14.7. The van der Waals surface area contributed by atoms with Crippen molar-refractivity contribution in [2.24, 2.45) is 10.7 Å². The summed E-state index contributed by atoms with van der Waals surface area (Å²) in [5.74, 6) is 1.54. The molecule has 0 heterocycles. The molecule has 4 nitrogen and oxygen atoms in total. The van der Waals surface area contributed by atoms with Crippen molar-refractivity contribution in [3.05, 3.63) is 29.8 Å². The van der Waals surface area contributed by atoms with E-state index in [-0.39, 0.29) is 24.0 Å². The second-order valence-corrected chi connectivity index (χ2v) is 4.68. The van der Waals surface area contributed by atoms with E-state index in [1.807, 2.05) is 19.2 Å². The van der Waals surface area contributed by atoms with Crippen LogP contribution in [0.25, 0.3) is 0 Å². The fourth-order valence-electron chi connectivity index (χ4n) is 1.85. The molecule has 0 unspecified atom stereocenters. The van der Waals surface area contributed by atoms with Crippen LogP contribution in [-0.2, 0) is 6.42 Å². The Morgan fingerprint density at radius 2 is 2.00 bits per heavy atom. The highest BCUT2D eigenvalue weighted by atomic mass is 127. The molecule has 0 aliphatic heterocycles. The van der Waals surface area contributed by atoms with Gasteiger partial charge in [-0.2, -0.15) is 0 Å². The summed E-state index contributed by atoms with van der Waals surface area (Å²) >= 11 is 0. The second-order valence-electron chi connectivity index (χ2n) is 4.68. The van der Waals surface area contributed by atoms with Crippen molar-refractivity contribution in [2.45, 2.75) is 25.3 Å². The van der Waals surface area contributed by atoms with Crippen LogP contribution in [0.4, 0.5) is 0 Å². The van der Waals surface area contributed by atoms with Crippen molar-refractivity contribution in [1.29, 1.82) is 0 Å². The molecule has 1 fully saturated rings. The van der Waals surface area contributed by atoms with E-state index in [4.69, 9.17) is 10.5 Å². The monoisotopic (exact) mass is 375 g/mol. The van der Waals surface area contributed by atoms with Gasteiger partial charge in [-0.05, 0) is 37.0 Å². The van der Waals surface area contributed by atoms with Gasteiger partial charge in [0, 0.05) is 19.6 Å². The van der Waals surface area contributed by atoms with Crippen molar-refractivity contribution in [3.63, 3.8) is 0 Å². The molecule has 0 saturated heterocycles. The number of benzene rings is 1. The molecule has 0 radical (unpaired) electrons. The molecule has 1 aromatic rings. The number of hydrogen-bond donors (Lipinski definition) is 1. The van der Waals surface area contributed by atoms with Crippen LogP contribution >= 0.6 is 24.0 Å². The highest BCUT2D eigenvalue weighted by Gasteiger charge is 2.27. The maximum atomic E-state index is 5.92. The minimum Gasteiger partial charge on any atom is -0.497 e. The molecule has 2 rings (SSSR count). The summed E-state index contributed by atoms with van der Waals surface area (Å²) in [7, 11) is 3.69. The van der Waals surface area contributed by atoms with Crippen LogP contribution in [0, 0.1) is 0 Å². The van der Waals surface area contributed by atoms with E-state index in [0.29, 0.717) is 12.0 Å². The predicted molar refractivity (Wildman–Crippen MR) is 89.4 cm³/mol. The van der Waals surface area contributed by atoms with Gasteiger partial charge in [-0.3, -0.25) is 4.99 Å². The van der Waals surface area contributed by atoms with Gasteiger partial charge in [0.1, 0.15) is 5.75 Å². The summed E-state index contributed by atoms with van der Waals surface area (Å²) in [5, 5.41) is 0. The van der Waals surface area contributed by atoms with Crippen LogP contribution in [0.15, 0.2) is 29.3 Å². The first-order chi connectivity index (χ1) is 8.70. The lowest BCUT2D eigenvalue weighted by molar-refractivity contribution is 0.414. The summed E-state index contributed by atoms with van der Waals surface area (Å²) in [4.78, 5) is 6.49. The minimum absolute atomic E-state index is 0. The SMILES string of the molecule is COc1ccc(CCN=C(N)N(C)C2CC2)cc1.I. The van der Waals surface area contributed by atoms with E-state index in [0.717, 1.165) is 18.7 Å². The molecule has 19 heavy (non-hydrogen) atoms. The van der Waals surface area contributed by atoms with E-state index in [9.17, 15) is 0 Å². The molecule has 0 amide bonds. The predicted octanol–water partition coefficient (Wildman–Crippen LogP) is 2.26. The Morgan fingerprint density at radius 1 is 1.37 bits per heavy atom. The topological polar surface area (TPSA) is 50.9 Å². The summed E-state index contributed by atoms with van der Waals surface area (Å²) < 4.78 is 5.12. The number of methoxy groups -OCH3 is 1. The number of guanidine groups is 1. The fraction of sp³-hybridized carbons (Fsp3) is 0.500. The van der Waals surface area contributed by atoms with Crippen LogP contribution in [-0.4, -0.2) is 37.6 Å². The van der Waals surface area contributed by atoms with Crippen molar-refractivity contribution in [1.82, 2.24) is 4.90 Å². The Labute approximate surface area is 132 Å². The van der Waals surface area contributed by atoms with Gasteiger partial charge in [-0.15, -0.1) is 24.0 Å². The first kappa shape index (κ1) is 16.1. The third-order valence-corrected chi connectivity index (χ3v) is 3.29. The summed E-state index contributed by atoms with van der Waals surface area (Å²) in [5.41, 5.74) is 7.18. The molecule has 106 valence electrons. The van der Waals surface area contributed by atoms with Gasteiger partial charge in [0.2, 0.25) is 0 Å². The Morgan fingerprint density at radius 3 is 2.53 bits per heavy atom. The van der Waals surface area contributed by atoms with Gasteiger partial charge < -0.3 is 15.4 Å². The van der Waals surface area contributed by atoms with E-state index < -0.39 is 0 Å². The van der Waals surface area contributed by atoms with Crippen LogP contribution in [0.1, 0.15) is 18.4 Å². The molecule has 5 heteroatoms. The molecule has 1 aliphatic rings. The van der Waals surface area contributed by atoms with Gasteiger partial charge in [0.15, 0.2) is 5.96 Å². The number of halogens is 1. The van der Waals surface area contributed by atoms with Gasteiger partial charge in [0.25, 0.3) is 0 Å². The average Bonchev–Trinajstić information content (AvgIpc) is 3.23. The molecular weight excluding hydrogens is 353 g/mol. The van der Waals surface area contributed by atoms with E-state index in [1.165, 1.54) is 18.4 Å². The van der Waals surface area contributed by atoms with Crippen molar-refractivity contribution in [3.8, 4) is 5.75 Å². The van der Waals surface area contributed by atoms with E-state index in [2.05, 4.69) is 22.0 Å². The lowest BCUT2D eigenvalue weighted by Crippen LogP contribution is -2.35. The lowest BCUT2D eigenvalue weighted by Gasteiger charge is -2.16. The van der Waals surface area contributed by atoms with Gasteiger partial charge in [-0.1, -0.05) is 12.1 Å². The summed E-state index contributed by atoms with van der Waals surface area (Å²) in [6, 6.07) is 8.69. The van der Waals surface area contributed by atoms with Gasteiger partial charge in [-0.25, -0.2) is 0 Å². The number of nitrogens with zero attached hydrogens (tertiary/aromatic N) is 2. The molecule has 1 aliphatic carbocycles.